The number of carbonyl (C=O) groups excluding carboxylic acids is 2. The van der Waals surface area contributed by atoms with Crippen molar-refractivity contribution in [1.82, 2.24) is 19.8 Å². The average molecular weight is 625 g/mol. The molecule has 0 radical (unpaired) electrons. The number of Topliss-reactive ketones (excluding diaryl/α,β-unsaturated/α-hetero) is 1. The first-order valence-electron chi connectivity index (χ1n) is 14.4. The van der Waals surface area contributed by atoms with E-state index in [2.05, 4.69) is 40.7 Å². The maximum absolute atomic E-state index is 12.7. The minimum Gasteiger partial charge on any atom is -0.489 e. The SMILES string of the molecule is C=CC(=O)N1CCN(c2nc(N3CC(N(C)C)C3)nc3c4c(c(Cl)cc23)-c2c(C)c(Cl)cc(C(C)=O)c2NCCO4)CC1. The number of benzene rings is 2. The molecule has 2 aromatic carbocycles. The predicted molar refractivity (Wildman–Crippen MR) is 172 cm³/mol. The van der Waals surface area contributed by atoms with Crippen molar-refractivity contribution in [3.63, 3.8) is 0 Å². The Morgan fingerprint density at radius 3 is 2.44 bits per heavy atom. The summed E-state index contributed by atoms with van der Waals surface area (Å²) in [6.07, 6.45) is 1.35. The molecule has 2 saturated heterocycles. The van der Waals surface area contributed by atoms with Crippen LogP contribution in [0.5, 0.6) is 5.75 Å². The van der Waals surface area contributed by atoms with E-state index in [1.807, 2.05) is 13.0 Å². The predicted octanol–water partition coefficient (Wildman–Crippen LogP) is 4.50. The van der Waals surface area contributed by atoms with Crippen molar-refractivity contribution in [2.45, 2.75) is 19.9 Å². The van der Waals surface area contributed by atoms with Crippen LogP contribution in [0.2, 0.25) is 10.0 Å². The molecular formula is C31H35Cl2N7O3. The molecule has 3 aromatic rings. The molecule has 4 heterocycles. The Morgan fingerprint density at radius 2 is 1.79 bits per heavy atom. The van der Waals surface area contributed by atoms with E-state index < -0.39 is 0 Å². The van der Waals surface area contributed by atoms with E-state index in [4.69, 9.17) is 37.9 Å². The molecule has 10 nitrogen and oxygen atoms in total. The Bertz CT molecular complexity index is 1650. The van der Waals surface area contributed by atoms with Gasteiger partial charge in [-0.15, -0.1) is 0 Å². The first-order valence-corrected chi connectivity index (χ1v) is 15.2. The summed E-state index contributed by atoms with van der Waals surface area (Å²) >= 11 is 13.8. The van der Waals surface area contributed by atoms with Crippen LogP contribution in [0.1, 0.15) is 22.8 Å². The molecule has 1 N–H and O–H groups in total. The second kappa shape index (κ2) is 11.5. The van der Waals surface area contributed by atoms with Gasteiger partial charge in [-0.25, -0.2) is 4.98 Å². The number of amides is 1. The van der Waals surface area contributed by atoms with Crippen LogP contribution in [0, 0.1) is 6.92 Å². The molecule has 0 bridgehead atoms. The molecule has 0 spiro atoms. The number of ketones is 1. The number of likely N-dealkylation sites (N-methyl/N-ethyl adjacent to an activating group) is 1. The Kier molecular flexibility index (Phi) is 7.87. The number of hydrogen-bond donors (Lipinski definition) is 1. The third-order valence-electron chi connectivity index (χ3n) is 8.61. The molecule has 3 aliphatic rings. The highest BCUT2D eigenvalue weighted by molar-refractivity contribution is 6.36. The van der Waals surface area contributed by atoms with Gasteiger partial charge >= 0.3 is 0 Å². The number of anilines is 3. The number of rotatable bonds is 5. The Labute approximate surface area is 261 Å². The molecule has 6 rings (SSSR count). The van der Waals surface area contributed by atoms with E-state index in [9.17, 15) is 9.59 Å². The van der Waals surface area contributed by atoms with E-state index in [1.54, 1.807) is 11.0 Å². The van der Waals surface area contributed by atoms with Gasteiger partial charge in [-0.05, 0) is 51.7 Å². The van der Waals surface area contributed by atoms with Crippen LogP contribution in [0.3, 0.4) is 0 Å². The molecule has 0 saturated carbocycles. The van der Waals surface area contributed by atoms with Crippen LogP contribution in [-0.2, 0) is 4.79 Å². The van der Waals surface area contributed by atoms with Crippen molar-refractivity contribution in [2.24, 2.45) is 0 Å². The quantitative estimate of drug-likeness (QED) is 0.325. The standard InChI is InChI=1S/C31H35Cl2N7O3/c1-6-24(42)38-8-10-39(11-9-38)30-21-14-23(33)26-25-17(2)22(32)13-20(18(3)41)27(25)34-7-12-43-29(26)28(21)35-31(36-30)40-15-19(16-40)37(4)5/h6,13-14,19,34H,1,7-12,15-16H2,2-5H3. The average Bonchev–Trinajstić information content (AvgIpc) is 2.94. The molecule has 3 aliphatic heterocycles. The molecule has 1 aromatic heterocycles. The monoisotopic (exact) mass is 623 g/mol. The minimum absolute atomic E-state index is 0.0766. The largest absolute Gasteiger partial charge is 0.489 e. The van der Waals surface area contributed by atoms with Crippen LogP contribution in [0.4, 0.5) is 17.5 Å². The van der Waals surface area contributed by atoms with Gasteiger partial charge in [0, 0.05) is 79.0 Å². The third-order valence-corrected chi connectivity index (χ3v) is 9.30. The van der Waals surface area contributed by atoms with Gasteiger partial charge in [0.05, 0.1) is 10.7 Å². The smallest absolute Gasteiger partial charge is 0.246 e. The molecular weight excluding hydrogens is 589 g/mol. The van der Waals surface area contributed by atoms with Gasteiger partial charge in [-0.3, -0.25) is 9.59 Å². The Morgan fingerprint density at radius 1 is 1.07 bits per heavy atom. The van der Waals surface area contributed by atoms with E-state index >= 15 is 0 Å². The normalized spacial score (nSPS) is 17.0. The molecule has 1 amide bonds. The molecule has 2 fully saturated rings. The number of halogens is 2. The van der Waals surface area contributed by atoms with Gasteiger partial charge in [0.15, 0.2) is 11.5 Å². The summed E-state index contributed by atoms with van der Waals surface area (Å²) in [7, 11) is 4.15. The van der Waals surface area contributed by atoms with Crippen molar-refractivity contribution < 1.29 is 14.3 Å². The number of nitrogens with one attached hydrogen (secondary N) is 1. The summed E-state index contributed by atoms with van der Waals surface area (Å²) in [6.45, 7) is 11.8. The summed E-state index contributed by atoms with van der Waals surface area (Å²) in [4.78, 5) is 43.5. The van der Waals surface area contributed by atoms with Crippen molar-refractivity contribution >= 4 is 63.2 Å². The number of piperazine rings is 1. The van der Waals surface area contributed by atoms with Crippen LogP contribution >= 0.6 is 23.2 Å². The number of fused-ring (bicyclic) bond motifs is 5. The van der Waals surface area contributed by atoms with Gasteiger partial charge in [-0.2, -0.15) is 4.98 Å². The molecule has 43 heavy (non-hydrogen) atoms. The van der Waals surface area contributed by atoms with Crippen LogP contribution in [0.25, 0.3) is 22.0 Å². The summed E-state index contributed by atoms with van der Waals surface area (Å²) in [5.74, 6) is 1.73. The number of carbonyl (C=O) groups is 2. The van der Waals surface area contributed by atoms with Crippen molar-refractivity contribution in [3.8, 4) is 16.9 Å². The maximum atomic E-state index is 12.7. The Hall–Kier alpha value is -3.60. The zero-order chi connectivity index (χ0) is 30.6. The van der Waals surface area contributed by atoms with Crippen LogP contribution in [-0.4, -0.2) is 104 Å². The van der Waals surface area contributed by atoms with E-state index in [0.29, 0.717) is 89.4 Å². The lowest BCUT2D eigenvalue weighted by molar-refractivity contribution is -0.126. The number of aromatic nitrogens is 2. The first-order chi connectivity index (χ1) is 20.6. The lowest BCUT2D eigenvalue weighted by Gasteiger charge is -2.43. The van der Waals surface area contributed by atoms with Crippen molar-refractivity contribution in [2.75, 3.05) is 81.6 Å². The minimum atomic E-state index is -0.0974. The molecule has 226 valence electrons. The second-order valence-electron chi connectivity index (χ2n) is 11.5. The summed E-state index contributed by atoms with van der Waals surface area (Å²) in [5, 5.41) is 5.07. The van der Waals surface area contributed by atoms with Gasteiger partial charge in [0.1, 0.15) is 17.9 Å². The maximum Gasteiger partial charge on any atom is 0.246 e. The number of hydrogen-bond acceptors (Lipinski definition) is 9. The van der Waals surface area contributed by atoms with Gasteiger partial charge in [0.25, 0.3) is 0 Å². The second-order valence-corrected chi connectivity index (χ2v) is 12.3. The lowest BCUT2D eigenvalue weighted by atomic mass is 9.91. The molecule has 0 atom stereocenters. The number of nitrogens with zero attached hydrogens (tertiary/aromatic N) is 6. The lowest BCUT2D eigenvalue weighted by Crippen LogP contribution is -2.58. The van der Waals surface area contributed by atoms with E-state index in [1.165, 1.54) is 13.0 Å². The van der Waals surface area contributed by atoms with Gasteiger partial charge in [-0.1, -0.05) is 29.8 Å². The van der Waals surface area contributed by atoms with E-state index in [-0.39, 0.29) is 11.7 Å². The topological polar surface area (TPSA) is 94.1 Å². The Balaban J connectivity index is 1.57. The molecule has 0 unspecified atom stereocenters. The highest BCUT2D eigenvalue weighted by Crippen LogP contribution is 2.50. The summed E-state index contributed by atoms with van der Waals surface area (Å²) < 4.78 is 6.45. The zero-order valence-electron chi connectivity index (χ0n) is 24.8. The molecule has 12 heteroatoms. The first kappa shape index (κ1) is 29.5. The highest BCUT2D eigenvalue weighted by atomic mass is 35.5. The van der Waals surface area contributed by atoms with Crippen molar-refractivity contribution in [3.05, 3.63) is 46.0 Å². The fourth-order valence-corrected chi connectivity index (χ4v) is 6.49. The van der Waals surface area contributed by atoms with Gasteiger partial charge in [0.2, 0.25) is 11.9 Å². The highest BCUT2D eigenvalue weighted by Gasteiger charge is 2.34. The van der Waals surface area contributed by atoms with Crippen LogP contribution in [0.15, 0.2) is 24.8 Å². The van der Waals surface area contributed by atoms with Gasteiger partial charge < -0.3 is 29.7 Å². The fraction of sp³-hybridized carbons (Fsp3) is 0.419. The van der Waals surface area contributed by atoms with E-state index in [0.717, 1.165) is 35.4 Å². The molecule has 0 aliphatic carbocycles. The number of ether oxygens (including phenoxy) is 1. The van der Waals surface area contributed by atoms with Crippen molar-refractivity contribution in [1.29, 1.82) is 0 Å². The summed E-state index contributed by atoms with van der Waals surface area (Å²) in [5.41, 5.74) is 4.00. The van der Waals surface area contributed by atoms with Crippen LogP contribution < -0.4 is 19.9 Å². The zero-order valence-corrected chi connectivity index (χ0v) is 26.3. The third kappa shape index (κ3) is 5.15. The fourth-order valence-electron chi connectivity index (χ4n) is 6.00. The summed E-state index contributed by atoms with van der Waals surface area (Å²) in [6, 6.07) is 4.01.